The number of hydrazone groups is 1. The van der Waals surface area contributed by atoms with E-state index in [2.05, 4.69) is 34.8 Å². The van der Waals surface area contributed by atoms with Gasteiger partial charge in [-0.2, -0.15) is 5.10 Å². The van der Waals surface area contributed by atoms with Gasteiger partial charge in [0.1, 0.15) is 0 Å². The molecule has 2 atom stereocenters. The van der Waals surface area contributed by atoms with Crippen LogP contribution < -0.4 is 5.43 Å². The number of allylic oxidation sites excluding steroid dienone is 4. The van der Waals surface area contributed by atoms with E-state index >= 15 is 0 Å². The molecule has 4 rings (SSSR count). The van der Waals surface area contributed by atoms with Crippen molar-refractivity contribution in [1.29, 1.82) is 0 Å². The Bertz CT molecular complexity index is 899. The minimum absolute atomic E-state index is 0.303. The first-order valence-corrected chi connectivity index (χ1v) is 8.67. The lowest BCUT2D eigenvalue weighted by molar-refractivity contribution is 0.0955. The fourth-order valence-corrected chi connectivity index (χ4v) is 3.81. The van der Waals surface area contributed by atoms with E-state index in [0.717, 1.165) is 6.42 Å². The van der Waals surface area contributed by atoms with Crippen LogP contribution in [0.15, 0.2) is 77.4 Å². The summed E-state index contributed by atoms with van der Waals surface area (Å²) in [5, 5.41) is 4.61. The van der Waals surface area contributed by atoms with Crippen molar-refractivity contribution in [3.05, 3.63) is 88.5 Å². The van der Waals surface area contributed by atoms with Crippen molar-refractivity contribution in [2.24, 2.45) is 16.9 Å². The molecule has 0 unspecified atom stereocenters. The van der Waals surface area contributed by atoms with Crippen LogP contribution in [0.1, 0.15) is 22.3 Å². The topological polar surface area (TPSA) is 41.5 Å². The van der Waals surface area contributed by atoms with Gasteiger partial charge in [-0.15, -0.1) is 0 Å². The van der Waals surface area contributed by atoms with Crippen LogP contribution in [-0.2, 0) is 0 Å². The zero-order valence-corrected chi connectivity index (χ0v) is 14.3. The standard InChI is InChI=1S/C21H17ClN2O/c22-19-9-5-4-8-17(19)21(25)24-23-13-18-15-10-11-16(12-15)20(18)14-6-2-1-3-7-14/h1-11,13,15-16H,12H2,(H,24,25)/b23-13-/t15-,16-/m0/s1. The lowest BCUT2D eigenvalue weighted by Crippen LogP contribution is -2.18. The Morgan fingerprint density at radius 2 is 1.76 bits per heavy atom. The molecule has 0 aliphatic heterocycles. The average Bonchev–Trinajstić information content (AvgIpc) is 3.24. The second-order valence-corrected chi connectivity index (χ2v) is 6.65. The Hall–Kier alpha value is -2.65. The van der Waals surface area contributed by atoms with Crippen LogP contribution in [0.2, 0.25) is 5.02 Å². The molecule has 0 fully saturated rings. The molecule has 3 nitrogen and oxygen atoms in total. The van der Waals surface area contributed by atoms with Gasteiger partial charge in [0.15, 0.2) is 0 Å². The van der Waals surface area contributed by atoms with Crippen LogP contribution in [0.5, 0.6) is 0 Å². The number of halogens is 1. The number of fused-ring (bicyclic) bond motifs is 2. The molecule has 0 spiro atoms. The molecule has 2 bridgehead atoms. The summed E-state index contributed by atoms with van der Waals surface area (Å²) < 4.78 is 0. The van der Waals surface area contributed by atoms with Crippen molar-refractivity contribution >= 4 is 29.3 Å². The summed E-state index contributed by atoms with van der Waals surface area (Å²) in [6, 6.07) is 17.3. The molecule has 124 valence electrons. The number of benzene rings is 2. The van der Waals surface area contributed by atoms with Gasteiger partial charge in [-0.3, -0.25) is 4.79 Å². The third-order valence-corrected chi connectivity index (χ3v) is 5.07. The number of nitrogens with one attached hydrogen (secondary N) is 1. The van der Waals surface area contributed by atoms with Crippen LogP contribution in [0, 0.1) is 11.8 Å². The van der Waals surface area contributed by atoms with Crippen molar-refractivity contribution < 1.29 is 4.79 Å². The maximum absolute atomic E-state index is 12.2. The molecule has 4 heteroatoms. The fourth-order valence-electron chi connectivity index (χ4n) is 3.59. The summed E-state index contributed by atoms with van der Waals surface area (Å²) in [5.74, 6) is 0.511. The quantitative estimate of drug-likeness (QED) is 0.485. The van der Waals surface area contributed by atoms with E-state index in [9.17, 15) is 4.79 Å². The normalized spacial score (nSPS) is 21.3. The summed E-state index contributed by atoms with van der Waals surface area (Å²) in [6.07, 6.45) is 7.37. The van der Waals surface area contributed by atoms with Crippen molar-refractivity contribution in [3.63, 3.8) is 0 Å². The molecule has 2 aliphatic rings. The molecule has 0 saturated heterocycles. The highest BCUT2D eigenvalue weighted by molar-refractivity contribution is 6.33. The number of hydrogen-bond donors (Lipinski definition) is 1. The molecule has 2 aromatic carbocycles. The van der Waals surface area contributed by atoms with Gasteiger partial charge in [0.2, 0.25) is 0 Å². The highest BCUT2D eigenvalue weighted by Crippen LogP contribution is 2.47. The molecule has 0 heterocycles. The minimum Gasteiger partial charge on any atom is -0.267 e. The van der Waals surface area contributed by atoms with E-state index in [4.69, 9.17) is 11.6 Å². The largest absolute Gasteiger partial charge is 0.272 e. The average molecular weight is 349 g/mol. The van der Waals surface area contributed by atoms with E-state index in [1.54, 1.807) is 30.5 Å². The Morgan fingerprint density at radius 3 is 2.56 bits per heavy atom. The van der Waals surface area contributed by atoms with Crippen LogP contribution in [0.25, 0.3) is 5.57 Å². The third-order valence-electron chi connectivity index (χ3n) is 4.74. The van der Waals surface area contributed by atoms with Gasteiger partial charge in [0.25, 0.3) is 5.91 Å². The summed E-state index contributed by atoms with van der Waals surface area (Å²) in [7, 11) is 0. The van der Waals surface area contributed by atoms with Crippen molar-refractivity contribution in [3.8, 4) is 0 Å². The van der Waals surface area contributed by atoms with Gasteiger partial charge in [-0.25, -0.2) is 5.43 Å². The number of amides is 1. The van der Waals surface area contributed by atoms with Gasteiger partial charge in [0.05, 0.1) is 16.8 Å². The van der Waals surface area contributed by atoms with Gasteiger partial charge in [-0.1, -0.05) is 66.2 Å². The fraction of sp³-hybridized carbons (Fsp3) is 0.143. The Labute approximate surface area is 151 Å². The molecule has 0 aromatic heterocycles. The van der Waals surface area contributed by atoms with E-state index in [0.29, 0.717) is 22.4 Å². The van der Waals surface area contributed by atoms with Crippen molar-refractivity contribution in [2.45, 2.75) is 6.42 Å². The van der Waals surface area contributed by atoms with E-state index < -0.39 is 0 Å². The van der Waals surface area contributed by atoms with Crippen molar-refractivity contribution in [1.82, 2.24) is 5.43 Å². The second-order valence-electron chi connectivity index (χ2n) is 6.25. The predicted octanol–water partition coefficient (Wildman–Crippen LogP) is 4.72. The SMILES string of the molecule is O=C(N/N=C\C1=C(c2ccccc2)[C@H]2C=C[C@H]1C2)c1ccccc1Cl. The molecule has 1 amide bonds. The van der Waals surface area contributed by atoms with Gasteiger partial charge in [-0.05, 0) is 35.3 Å². The maximum atomic E-state index is 12.2. The lowest BCUT2D eigenvalue weighted by Gasteiger charge is -2.13. The molecule has 0 saturated carbocycles. The van der Waals surface area contributed by atoms with Crippen LogP contribution in [-0.4, -0.2) is 12.1 Å². The first-order valence-electron chi connectivity index (χ1n) is 8.30. The number of rotatable bonds is 4. The summed E-state index contributed by atoms with van der Waals surface area (Å²) in [5.41, 5.74) is 6.72. The van der Waals surface area contributed by atoms with Crippen LogP contribution >= 0.6 is 11.6 Å². The first kappa shape index (κ1) is 15.9. The maximum Gasteiger partial charge on any atom is 0.272 e. The Balaban J connectivity index is 1.56. The number of nitrogens with zero attached hydrogens (tertiary/aromatic N) is 1. The minimum atomic E-state index is -0.303. The summed E-state index contributed by atoms with van der Waals surface area (Å²) in [4.78, 5) is 12.2. The van der Waals surface area contributed by atoms with Crippen LogP contribution in [0.4, 0.5) is 0 Å². The summed E-state index contributed by atoms with van der Waals surface area (Å²) >= 11 is 6.05. The van der Waals surface area contributed by atoms with E-state index in [1.807, 2.05) is 18.2 Å². The zero-order chi connectivity index (χ0) is 17.2. The molecule has 25 heavy (non-hydrogen) atoms. The van der Waals surface area contributed by atoms with Gasteiger partial charge < -0.3 is 0 Å². The number of carbonyl (C=O) groups is 1. The lowest BCUT2D eigenvalue weighted by atomic mass is 9.92. The number of carbonyl (C=O) groups excluding carboxylic acids is 1. The highest BCUT2D eigenvalue weighted by atomic mass is 35.5. The Kier molecular flexibility index (Phi) is 4.24. The molecular formula is C21H17ClN2O. The molecule has 2 aliphatic carbocycles. The predicted molar refractivity (Wildman–Crippen MR) is 102 cm³/mol. The first-order chi connectivity index (χ1) is 12.2. The molecular weight excluding hydrogens is 332 g/mol. The molecule has 0 radical (unpaired) electrons. The second kappa shape index (κ2) is 6.69. The monoisotopic (exact) mass is 348 g/mol. The molecule has 1 N–H and O–H groups in total. The van der Waals surface area contributed by atoms with E-state index in [-0.39, 0.29) is 5.91 Å². The summed E-state index contributed by atoms with van der Waals surface area (Å²) in [6.45, 7) is 0. The Morgan fingerprint density at radius 1 is 1.04 bits per heavy atom. The number of hydrogen-bond acceptors (Lipinski definition) is 2. The smallest absolute Gasteiger partial charge is 0.267 e. The van der Waals surface area contributed by atoms with E-state index in [1.165, 1.54) is 16.7 Å². The highest BCUT2D eigenvalue weighted by Gasteiger charge is 2.34. The van der Waals surface area contributed by atoms with Crippen molar-refractivity contribution in [2.75, 3.05) is 0 Å². The van der Waals surface area contributed by atoms with Crippen LogP contribution in [0.3, 0.4) is 0 Å². The van der Waals surface area contributed by atoms with Gasteiger partial charge in [0, 0.05) is 11.8 Å². The third kappa shape index (κ3) is 3.03. The van der Waals surface area contributed by atoms with Gasteiger partial charge >= 0.3 is 0 Å². The zero-order valence-electron chi connectivity index (χ0n) is 13.5. The molecule has 2 aromatic rings.